The van der Waals surface area contributed by atoms with E-state index in [0.717, 1.165) is 33.9 Å². The van der Waals surface area contributed by atoms with E-state index < -0.39 is 0 Å². The summed E-state index contributed by atoms with van der Waals surface area (Å²) in [7, 11) is 0. The number of aryl methyl sites for hydroxylation is 2. The molecule has 0 aliphatic carbocycles. The van der Waals surface area contributed by atoms with Crippen LogP contribution in [0.5, 0.6) is 0 Å². The summed E-state index contributed by atoms with van der Waals surface area (Å²) in [4.78, 5) is 35.0. The first-order chi connectivity index (χ1) is 13.1. The highest BCUT2D eigenvalue weighted by molar-refractivity contribution is 7.18. The van der Waals surface area contributed by atoms with Crippen LogP contribution in [0.15, 0.2) is 36.9 Å². The number of nitrogens with zero attached hydrogens (tertiary/aromatic N) is 4. The standard InChI is InChI=1S/C19H21N5O2S/c1-13-22-16-10-15(3-4-17(16)27-13)24-11-14(9-18(24)25)19(26)21-5-2-7-23-8-6-20-12-23/h3-4,6,8,10,12,14H,2,5,7,9,11H2,1H3,(H,21,26). The van der Waals surface area contributed by atoms with Crippen molar-refractivity contribution in [3.05, 3.63) is 41.9 Å². The predicted molar refractivity (Wildman–Crippen MR) is 105 cm³/mol. The van der Waals surface area contributed by atoms with Gasteiger partial charge in [-0.25, -0.2) is 9.97 Å². The van der Waals surface area contributed by atoms with Crippen LogP contribution >= 0.6 is 11.3 Å². The number of carbonyl (C=O) groups is 2. The van der Waals surface area contributed by atoms with E-state index in [1.54, 1.807) is 28.8 Å². The zero-order valence-corrected chi connectivity index (χ0v) is 15.9. The van der Waals surface area contributed by atoms with Gasteiger partial charge in [-0.15, -0.1) is 11.3 Å². The second-order valence-corrected chi connectivity index (χ2v) is 7.97. The van der Waals surface area contributed by atoms with Crippen molar-refractivity contribution in [3.63, 3.8) is 0 Å². The largest absolute Gasteiger partial charge is 0.356 e. The van der Waals surface area contributed by atoms with Crippen LogP contribution in [0.4, 0.5) is 5.69 Å². The quantitative estimate of drug-likeness (QED) is 0.663. The van der Waals surface area contributed by atoms with Crippen LogP contribution in [0, 0.1) is 12.8 Å². The van der Waals surface area contributed by atoms with E-state index in [4.69, 9.17) is 0 Å². The molecule has 7 nitrogen and oxygen atoms in total. The van der Waals surface area contributed by atoms with Crippen molar-refractivity contribution in [2.45, 2.75) is 26.3 Å². The van der Waals surface area contributed by atoms with Crippen molar-refractivity contribution in [2.24, 2.45) is 5.92 Å². The number of amides is 2. The van der Waals surface area contributed by atoms with Crippen molar-refractivity contribution in [1.29, 1.82) is 0 Å². The lowest BCUT2D eigenvalue weighted by Gasteiger charge is -2.16. The molecule has 1 N–H and O–H groups in total. The summed E-state index contributed by atoms with van der Waals surface area (Å²) in [6.07, 6.45) is 6.47. The maximum Gasteiger partial charge on any atom is 0.227 e. The van der Waals surface area contributed by atoms with Gasteiger partial charge in [0, 0.05) is 44.1 Å². The minimum Gasteiger partial charge on any atom is -0.356 e. The molecule has 1 fully saturated rings. The fourth-order valence-corrected chi connectivity index (χ4v) is 4.18. The summed E-state index contributed by atoms with van der Waals surface area (Å²) in [6, 6.07) is 5.86. The number of nitrogens with one attached hydrogen (secondary N) is 1. The first-order valence-electron chi connectivity index (χ1n) is 9.01. The summed E-state index contributed by atoms with van der Waals surface area (Å²) < 4.78 is 3.08. The van der Waals surface area contributed by atoms with Crippen LogP contribution in [-0.4, -0.2) is 39.4 Å². The number of benzene rings is 1. The van der Waals surface area contributed by atoms with E-state index in [1.165, 1.54) is 0 Å². The van der Waals surface area contributed by atoms with Crippen molar-refractivity contribution in [2.75, 3.05) is 18.0 Å². The van der Waals surface area contributed by atoms with Gasteiger partial charge >= 0.3 is 0 Å². The molecular weight excluding hydrogens is 362 g/mol. The van der Waals surface area contributed by atoms with Gasteiger partial charge in [0.05, 0.1) is 27.5 Å². The van der Waals surface area contributed by atoms with Gasteiger partial charge in [-0.1, -0.05) is 0 Å². The smallest absolute Gasteiger partial charge is 0.227 e. The third-order valence-electron chi connectivity index (χ3n) is 4.74. The molecule has 1 unspecified atom stereocenters. The van der Waals surface area contributed by atoms with Crippen LogP contribution in [0.3, 0.4) is 0 Å². The summed E-state index contributed by atoms with van der Waals surface area (Å²) in [5.74, 6) is -0.374. The number of aromatic nitrogens is 3. The van der Waals surface area contributed by atoms with E-state index in [9.17, 15) is 9.59 Å². The fourth-order valence-electron chi connectivity index (χ4n) is 3.37. The molecule has 1 aliphatic rings. The van der Waals surface area contributed by atoms with Gasteiger partial charge in [0.2, 0.25) is 11.8 Å². The summed E-state index contributed by atoms with van der Waals surface area (Å²) in [5.41, 5.74) is 1.71. The highest BCUT2D eigenvalue weighted by Crippen LogP contribution is 2.30. The molecular formula is C19H21N5O2S. The first kappa shape index (κ1) is 17.7. The SMILES string of the molecule is Cc1nc2cc(N3CC(C(=O)NCCCn4ccnc4)CC3=O)ccc2s1. The Balaban J connectivity index is 1.34. The molecule has 4 rings (SSSR count). The van der Waals surface area contributed by atoms with Crippen LogP contribution in [0.2, 0.25) is 0 Å². The van der Waals surface area contributed by atoms with Crippen molar-refractivity contribution in [1.82, 2.24) is 19.9 Å². The second-order valence-electron chi connectivity index (χ2n) is 6.74. The van der Waals surface area contributed by atoms with Gasteiger partial charge in [-0.2, -0.15) is 0 Å². The molecule has 27 heavy (non-hydrogen) atoms. The Kier molecular flexibility index (Phi) is 4.89. The Labute approximate surface area is 161 Å². The zero-order valence-electron chi connectivity index (χ0n) is 15.1. The van der Waals surface area contributed by atoms with E-state index in [0.29, 0.717) is 13.1 Å². The fraction of sp³-hybridized carbons (Fsp3) is 0.368. The lowest BCUT2D eigenvalue weighted by atomic mass is 10.1. The minimum absolute atomic E-state index is 0.0140. The monoisotopic (exact) mass is 383 g/mol. The summed E-state index contributed by atoms with van der Waals surface area (Å²) >= 11 is 1.64. The van der Waals surface area contributed by atoms with Gasteiger partial charge in [0.1, 0.15) is 0 Å². The molecule has 0 radical (unpaired) electrons. The topological polar surface area (TPSA) is 80.1 Å². The van der Waals surface area contributed by atoms with Gasteiger partial charge < -0.3 is 14.8 Å². The molecule has 0 spiro atoms. The molecule has 2 amide bonds. The number of hydrogen-bond acceptors (Lipinski definition) is 5. The highest BCUT2D eigenvalue weighted by Gasteiger charge is 2.35. The minimum atomic E-state index is -0.307. The van der Waals surface area contributed by atoms with Crippen LogP contribution in [-0.2, 0) is 16.1 Å². The Bertz CT molecular complexity index is 966. The molecule has 0 saturated carbocycles. The molecule has 1 saturated heterocycles. The normalized spacial score (nSPS) is 17.0. The Morgan fingerprint density at radius 3 is 3.11 bits per heavy atom. The predicted octanol–water partition coefficient (Wildman–Crippen LogP) is 2.36. The van der Waals surface area contributed by atoms with E-state index in [-0.39, 0.29) is 24.2 Å². The van der Waals surface area contributed by atoms with Crippen molar-refractivity contribution < 1.29 is 9.59 Å². The van der Waals surface area contributed by atoms with Crippen molar-refractivity contribution >= 4 is 39.1 Å². The maximum absolute atomic E-state index is 12.4. The van der Waals surface area contributed by atoms with Gasteiger partial charge in [0.15, 0.2) is 0 Å². The van der Waals surface area contributed by atoms with Gasteiger partial charge in [-0.3, -0.25) is 9.59 Å². The third-order valence-corrected chi connectivity index (χ3v) is 5.69. The molecule has 3 heterocycles. The molecule has 0 bridgehead atoms. The average Bonchev–Trinajstić information content (AvgIpc) is 3.36. The van der Waals surface area contributed by atoms with Crippen LogP contribution in [0.25, 0.3) is 10.2 Å². The number of rotatable bonds is 6. The number of fused-ring (bicyclic) bond motifs is 1. The van der Waals surface area contributed by atoms with Crippen LogP contribution in [0.1, 0.15) is 17.8 Å². The molecule has 1 aromatic carbocycles. The maximum atomic E-state index is 12.4. The number of carbonyl (C=O) groups excluding carboxylic acids is 2. The van der Waals surface area contributed by atoms with Crippen molar-refractivity contribution in [3.8, 4) is 0 Å². The van der Waals surface area contributed by atoms with E-state index in [1.807, 2.05) is 35.9 Å². The van der Waals surface area contributed by atoms with Gasteiger partial charge in [-0.05, 0) is 31.5 Å². The lowest BCUT2D eigenvalue weighted by Crippen LogP contribution is -2.33. The van der Waals surface area contributed by atoms with E-state index >= 15 is 0 Å². The Morgan fingerprint density at radius 1 is 1.41 bits per heavy atom. The Hall–Kier alpha value is -2.74. The average molecular weight is 383 g/mol. The Morgan fingerprint density at radius 2 is 2.30 bits per heavy atom. The highest BCUT2D eigenvalue weighted by atomic mass is 32.1. The number of thiazole rings is 1. The zero-order chi connectivity index (χ0) is 18.8. The first-order valence-corrected chi connectivity index (χ1v) is 9.83. The van der Waals surface area contributed by atoms with E-state index in [2.05, 4.69) is 15.3 Å². The van der Waals surface area contributed by atoms with Gasteiger partial charge in [0.25, 0.3) is 0 Å². The molecule has 140 valence electrons. The third kappa shape index (κ3) is 3.85. The number of anilines is 1. The molecule has 3 aromatic rings. The van der Waals surface area contributed by atoms with Crippen LogP contribution < -0.4 is 10.2 Å². The molecule has 1 aliphatic heterocycles. The summed E-state index contributed by atoms with van der Waals surface area (Å²) in [5, 5.41) is 3.95. The molecule has 1 atom stereocenters. The second kappa shape index (κ2) is 7.48. The molecule has 8 heteroatoms. The summed E-state index contributed by atoms with van der Waals surface area (Å²) in [6.45, 7) is 3.79. The lowest BCUT2D eigenvalue weighted by molar-refractivity contribution is -0.126. The molecule has 2 aromatic heterocycles. The number of imidazole rings is 1. The number of hydrogen-bond donors (Lipinski definition) is 1.